The van der Waals surface area contributed by atoms with E-state index in [1.54, 1.807) is 35.5 Å². The maximum absolute atomic E-state index is 13.7. The van der Waals surface area contributed by atoms with Gasteiger partial charge in [-0.3, -0.25) is 4.79 Å². The predicted molar refractivity (Wildman–Crippen MR) is 146 cm³/mol. The molecule has 0 atom stereocenters. The van der Waals surface area contributed by atoms with Crippen LogP contribution in [-0.4, -0.2) is 93.0 Å². The zero-order valence-corrected chi connectivity index (χ0v) is 22.6. The van der Waals surface area contributed by atoms with Gasteiger partial charge in [0.25, 0.3) is 5.91 Å². The molecule has 0 N–H and O–H groups in total. The molecule has 2 aliphatic heterocycles. The SMILES string of the molecule is COc1ccc(C(=O)N2CCN(c3ncccn3)CC2)cc1S(=O)(=O)N1CCN(c2cccc(Cl)c2)CC1. The van der Waals surface area contributed by atoms with Crippen LogP contribution in [0.4, 0.5) is 11.6 Å². The summed E-state index contributed by atoms with van der Waals surface area (Å²) in [6, 6.07) is 13.9. The van der Waals surface area contributed by atoms with Gasteiger partial charge in [-0.1, -0.05) is 17.7 Å². The van der Waals surface area contributed by atoms with Crippen molar-refractivity contribution >= 4 is 39.2 Å². The lowest BCUT2D eigenvalue weighted by molar-refractivity contribution is 0.0746. The topological polar surface area (TPSA) is 99.2 Å². The van der Waals surface area contributed by atoms with Crippen molar-refractivity contribution in [3.8, 4) is 5.75 Å². The van der Waals surface area contributed by atoms with E-state index in [1.807, 2.05) is 29.2 Å². The predicted octanol–water partition coefficient (Wildman–Crippen LogP) is 2.61. The number of piperazine rings is 2. The first-order chi connectivity index (χ1) is 18.4. The van der Waals surface area contributed by atoms with Crippen LogP contribution < -0.4 is 14.5 Å². The highest BCUT2D eigenvalue weighted by molar-refractivity contribution is 7.89. The lowest BCUT2D eigenvalue weighted by Gasteiger charge is -2.36. The van der Waals surface area contributed by atoms with Gasteiger partial charge >= 0.3 is 0 Å². The smallest absolute Gasteiger partial charge is 0.254 e. The molecule has 0 saturated carbocycles. The molecular formula is C26H29ClN6O4S. The average Bonchev–Trinajstić information content (AvgIpc) is 2.97. The minimum atomic E-state index is -3.89. The van der Waals surface area contributed by atoms with Crippen LogP contribution in [-0.2, 0) is 10.0 Å². The Hall–Kier alpha value is -3.41. The largest absolute Gasteiger partial charge is 0.495 e. The minimum Gasteiger partial charge on any atom is -0.495 e. The molecule has 200 valence electrons. The standard InChI is InChI=1S/C26H29ClN6O4S/c1-37-23-7-6-20(25(34)31-10-12-32(13-11-31)26-28-8-3-9-29-26)18-24(23)38(35,36)33-16-14-30(15-17-33)22-5-2-4-21(27)19-22/h2-9,18-19H,10-17H2,1H3. The molecule has 0 bridgehead atoms. The Balaban J connectivity index is 1.29. The van der Waals surface area contributed by atoms with E-state index in [0.29, 0.717) is 68.9 Å². The molecule has 3 heterocycles. The third-order valence-electron chi connectivity index (χ3n) is 6.84. The first kappa shape index (κ1) is 26.2. The third-order valence-corrected chi connectivity index (χ3v) is 9.00. The Morgan fingerprint density at radius 2 is 1.55 bits per heavy atom. The molecule has 2 aliphatic rings. The molecule has 2 saturated heterocycles. The number of aromatic nitrogens is 2. The summed E-state index contributed by atoms with van der Waals surface area (Å²) in [6.07, 6.45) is 3.38. The van der Waals surface area contributed by atoms with Gasteiger partial charge in [0.1, 0.15) is 10.6 Å². The Morgan fingerprint density at radius 3 is 2.21 bits per heavy atom. The summed E-state index contributed by atoms with van der Waals surface area (Å²) in [5.41, 5.74) is 1.27. The summed E-state index contributed by atoms with van der Waals surface area (Å²) in [5.74, 6) is 0.626. The van der Waals surface area contributed by atoms with Crippen LogP contribution in [0.15, 0.2) is 65.8 Å². The fraction of sp³-hybridized carbons (Fsp3) is 0.346. The van der Waals surface area contributed by atoms with Gasteiger partial charge in [0.2, 0.25) is 16.0 Å². The molecule has 10 nitrogen and oxygen atoms in total. The molecule has 0 unspecified atom stereocenters. The number of amides is 1. The van der Waals surface area contributed by atoms with Crippen LogP contribution in [0.3, 0.4) is 0 Å². The van der Waals surface area contributed by atoms with Crippen molar-refractivity contribution in [2.45, 2.75) is 4.90 Å². The molecule has 1 amide bonds. The van der Waals surface area contributed by atoms with Crippen molar-refractivity contribution in [3.63, 3.8) is 0 Å². The number of nitrogens with zero attached hydrogens (tertiary/aromatic N) is 6. The second-order valence-corrected chi connectivity index (χ2v) is 11.4. The van der Waals surface area contributed by atoms with Crippen molar-refractivity contribution < 1.29 is 17.9 Å². The number of sulfonamides is 1. The molecule has 0 spiro atoms. The first-order valence-electron chi connectivity index (χ1n) is 12.4. The maximum atomic E-state index is 13.7. The van der Waals surface area contributed by atoms with Gasteiger partial charge in [-0.25, -0.2) is 18.4 Å². The van der Waals surface area contributed by atoms with E-state index in [0.717, 1.165) is 5.69 Å². The number of ether oxygens (including phenoxy) is 1. The summed E-state index contributed by atoms with van der Waals surface area (Å²) in [4.78, 5) is 27.7. The number of anilines is 2. The van der Waals surface area contributed by atoms with E-state index >= 15 is 0 Å². The molecule has 5 rings (SSSR count). The summed E-state index contributed by atoms with van der Waals surface area (Å²) in [7, 11) is -2.46. The number of benzene rings is 2. The quantitative estimate of drug-likeness (QED) is 0.457. The molecule has 2 fully saturated rings. The van der Waals surface area contributed by atoms with E-state index in [9.17, 15) is 13.2 Å². The van der Waals surface area contributed by atoms with E-state index in [-0.39, 0.29) is 16.6 Å². The fourth-order valence-electron chi connectivity index (χ4n) is 4.76. The van der Waals surface area contributed by atoms with E-state index < -0.39 is 10.0 Å². The second-order valence-electron chi connectivity index (χ2n) is 9.06. The molecule has 0 radical (unpaired) electrons. The van der Waals surface area contributed by atoms with Gasteiger partial charge in [-0.15, -0.1) is 0 Å². The van der Waals surface area contributed by atoms with Gasteiger partial charge in [-0.2, -0.15) is 4.31 Å². The van der Waals surface area contributed by atoms with Gasteiger partial charge in [0.15, 0.2) is 0 Å². The van der Waals surface area contributed by atoms with Crippen LogP contribution in [0.25, 0.3) is 0 Å². The highest BCUT2D eigenvalue weighted by Crippen LogP contribution is 2.30. The zero-order chi connectivity index (χ0) is 26.7. The molecule has 38 heavy (non-hydrogen) atoms. The van der Waals surface area contributed by atoms with Crippen LogP contribution in [0.5, 0.6) is 5.75 Å². The van der Waals surface area contributed by atoms with Gasteiger partial charge in [0.05, 0.1) is 7.11 Å². The van der Waals surface area contributed by atoms with Crippen LogP contribution in [0, 0.1) is 0 Å². The number of hydrogen-bond donors (Lipinski definition) is 0. The third kappa shape index (κ3) is 5.40. The second kappa shape index (κ2) is 11.1. The summed E-state index contributed by atoms with van der Waals surface area (Å²) >= 11 is 6.12. The molecule has 12 heteroatoms. The van der Waals surface area contributed by atoms with Crippen molar-refractivity contribution in [3.05, 3.63) is 71.5 Å². The lowest BCUT2D eigenvalue weighted by atomic mass is 10.1. The number of halogens is 1. The van der Waals surface area contributed by atoms with Crippen molar-refractivity contribution in [2.24, 2.45) is 0 Å². The highest BCUT2D eigenvalue weighted by atomic mass is 35.5. The molecule has 1 aromatic heterocycles. The Morgan fingerprint density at radius 1 is 0.868 bits per heavy atom. The summed E-state index contributed by atoms with van der Waals surface area (Å²) in [5, 5.41) is 0.638. The zero-order valence-electron chi connectivity index (χ0n) is 21.0. The molecule has 2 aromatic carbocycles. The van der Waals surface area contributed by atoms with Gasteiger partial charge < -0.3 is 19.4 Å². The van der Waals surface area contributed by atoms with E-state index in [4.69, 9.17) is 16.3 Å². The van der Waals surface area contributed by atoms with Crippen molar-refractivity contribution in [1.82, 2.24) is 19.2 Å². The molecule has 0 aliphatic carbocycles. The molecular weight excluding hydrogens is 528 g/mol. The van der Waals surface area contributed by atoms with Crippen molar-refractivity contribution in [1.29, 1.82) is 0 Å². The lowest BCUT2D eigenvalue weighted by Crippen LogP contribution is -2.49. The first-order valence-corrected chi connectivity index (χ1v) is 14.2. The van der Waals surface area contributed by atoms with Crippen molar-refractivity contribution in [2.75, 3.05) is 69.3 Å². The van der Waals surface area contributed by atoms with Crippen LogP contribution in [0.2, 0.25) is 5.02 Å². The van der Waals surface area contributed by atoms with Crippen LogP contribution >= 0.6 is 11.6 Å². The Labute approximate surface area is 227 Å². The average molecular weight is 557 g/mol. The monoisotopic (exact) mass is 556 g/mol. The van der Waals surface area contributed by atoms with E-state index in [1.165, 1.54) is 17.5 Å². The number of hydrogen-bond acceptors (Lipinski definition) is 8. The number of carbonyl (C=O) groups is 1. The van der Waals surface area contributed by atoms with Crippen LogP contribution in [0.1, 0.15) is 10.4 Å². The van der Waals surface area contributed by atoms with E-state index in [2.05, 4.69) is 14.9 Å². The summed E-state index contributed by atoms with van der Waals surface area (Å²) in [6.45, 7) is 3.81. The van der Waals surface area contributed by atoms with Gasteiger partial charge in [-0.05, 0) is 42.5 Å². The number of rotatable bonds is 6. The number of methoxy groups -OCH3 is 1. The maximum Gasteiger partial charge on any atom is 0.254 e. The minimum absolute atomic E-state index is 0.00150. The van der Waals surface area contributed by atoms with Gasteiger partial charge in [0, 0.05) is 81.0 Å². The summed E-state index contributed by atoms with van der Waals surface area (Å²) < 4.78 is 34.2. The fourth-order valence-corrected chi connectivity index (χ4v) is 6.54. The normalized spacial score (nSPS) is 16.9. The Kier molecular flexibility index (Phi) is 7.68. The highest BCUT2D eigenvalue weighted by Gasteiger charge is 2.32. The Bertz CT molecular complexity index is 1390. The number of carbonyl (C=O) groups excluding carboxylic acids is 1. The molecule has 3 aromatic rings.